The SMILES string of the molecule is CCCCCCCC/C=C\CCCCCCCCCC(=O)OC[C@H](COP(=O)(O)OP(=O)(O)OC[C@H]1O[C@@H](n2ccc(N)nc2=O)[C@H](O)[C@@H]1O)OC(=O)CCC/C=C\C/C=C\C/C=C\C/C=C\CC[C@H](O)CC. The second-order valence-corrected chi connectivity index (χ2v) is 21.2. The lowest BCUT2D eigenvalue weighted by molar-refractivity contribution is -0.161. The van der Waals surface area contributed by atoms with Crippen molar-refractivity contribution < 1.29 is 71.4 Å². The lowest BCUT2D eigenvalue weighted by Gasteiger charge is -2.21. The maximum absolute atomic E-state index is 12.9. The van der Waals surface area contributed by atoms with Gasteiger partial charge in [0.1, 0.15) is 30.7 Å². The van der Waals surface area contributed by atoms with E-state index in [1.807, 2.05) is 25.2 Å². The van der Waals surface area contributed by atoms with Crippen molar-refractivity contribution in [2.75, 3.05) is 25.6 Å². The molecule has 2 unspecified atom stereocenters. The van der Waals surface area contributed by atoms with Crippen molar-refractivity contribution in [1.82, 2.24) is 9.55 Å². The monoisotopic (exact) mass is 1070 g/mol. The summed E-state index contributed by atoms with van der Waals surface area (Å²) in [7, 11) is -10.9. The number of anilines is 1. The fraction of sp³-hybridized carbons (Fsp3) is 0.692. The summed E-state index contributed by atoms with van der Waals surface area (Å²) in [5.41, 5.74) is 4.58. The summed E-state index contributed by atoms with van der Waals surface area (Å²) in [5, 5.41) is 30.5. The van der Waals surface area contributed by atoms with Gasteiger partial charge in [0.05, 0.1) is 19.3 Å². The van der Waals surface area contributed by atoms with Gasteiger partial charge in [0.2, 0.25) is 0 Å². The summed E-state index contributed by atoms with van der Waals surface area (Å²) in [6, 6.07) is 1.24. The summed E-state index contributed by atoms with van der Waals surface area (Å²) >= 11 is 0. The minimum absolute atomic E-state index is 0.0416. The average molecular weight is 1070 g/mol. The number of hydrogen-bond acceptors (Lipinski definition) is 16. The van der Waals surface area contributed by atoms with Gasteiger partial charge in [-0.05, 0) is 89.5 Å². The van der Waals surface area contributed by atoms with E-state index in [4.69, 9.17) is 29.0 Å². The Bertz CT molecular complexity index is 1980. The number of nitrogens with two attached hydrogens (primary N) is 1. The molecule has 1 aromatic heterocycles. The Morgan fingerprint density at radius 1 is 0.712 bits per heavy atom. The summed E-state index contributed by atoms with van der Waals surface area (Å²) < 4.78 is 56.7. The maximum atomic E-state index is 12.9. The third-order valence-electron chi connectivity index (χ3n) is 11.7. The van der Waals surface area contributed by atoms with Crippen LogP contribution >= 0.6 is 15.6 Å². The number of phosphoric acid groups is 2. The highest BCUT2D eigenvalue weighted by Gasteiger charge is 2.46. The largest absolute Gasteiger partial charge is 0.481 e. The molecule has 1 aliphatic rings. The zero-order valence-corrected chi connectivity index (χ0v) is 45.1. The third kappa shape index (κ3) is 32.5. The number of aliphatic hydroxyl groups excluding tert-OH is 3. The first-order chi connectivity index (χ1) is 35.1. The van der Waals surface area contributed by atoms with Crippen LogP contribution in [0.4, 0.5) is 5.82 Å². The van der Waals surface area contributed by atoms with Crippen LogP contribution < -0.4 is 11.4 Å². The molecule has 2 heterocycles. The van der Waals surface area contributed by atoms with Crippen LogP contribution in [0.1, 0.15) is 181 Å². The predicted octanol–water partition coefficient (Wildman–Crippen LogP) is 10.1. The maximum Gasteiger partial charge on any atom is 0.481 e. The normalized spacial score (nSPS) is 19.9. The van der Waals surface area contributed by atoms with Crippen LogP contribution in [0.3, 0.4) is 0 Å². The fourth-order valence-electron chi connectivity index (χ4n) is 7.46. The van der Waals surface area contributed by atoms with Crippen molar-refractivity contribution in [2.45, 2.75) is 211 Å². The number of hydrogen-bond donors (Lipinski definition) is 6. The Hall–Kier alpha value is -3.58. The van der Waals surface area contributed by atoms with Gasteiger partial charge in [-0.25, -0.2) is 13.9 Å². The molecule has 2 rings (SSSR count). The molecule has 0 aliphatic carbocycles. The van der Waals surface area contributed by atoms with Gasteiger partial charge in [-0.15, -0.1) is 0 Å². The number of esters is 2. The van der Waals surface area contributed by atoms with E-state index in [0.717, 1.165) is 94.2 Å². The summed E-state index contributed by atoms with van der Waals surface area (Å²) in [5.74, 6) is -1.39. The van der Waals surface area contributed by atoms with E-state index in [9.17, 15) is 48.6 Å². The first kappa shape index (κ1) is 65.5. The standard InChI is InChI=1S/C52H87N3O16P2/c1-3-5-6-7-8-9-10-11-12-13-14-18-21-24-27-30-33-36-47(57)66-40-44(69-48(58)37-34-31-28-25-22-19-16-15-17-20-23-26-29-32-35-43(56)4-2)41-67-72(62,63)71-73(64,65)68-42-45-49(59)50(60)51(70-45)55-39-38-46(53)54-52(55)61/h11-12,16-17,19-20,25-26,28-29,38-39,43-45,49-51,56,59-60H,3-10,13-15,18,21-24,27,30-37,40-42H2,1-2H3,(H,62,63)(H,64,65)(H2,53,54,61)/b12-11-,19-16-,20-17-,28-25-,29-26-/t43-,44-,45-,49-,50-,51-/m1/s1. The molecule has 73 heavy (non-hydrogen) atoms. The Balaban J connectivity index is 1.82. The molecule has 0 amide bonds. The van der Waals surface area contributed by atoms with Gasteiger partial charge >= 0.3 is 33.3 Å². The van der Waals surface area contributed by atoms with Gasteiger partial charge in [-0.3, -0.25) is 23.2 Å². The van der Waals surface area contributed by atoms with E-state index in [-0.39, 0.29) is 24.8 Å². The highest BCUT2D eigenvalue weighted by molar-refractivity contribution is 7.61. The number of ether oxygens (including phenoxy) is 3. The minimum atomic E-state index is -5.45. The lowest BCUT2D eigenvalue weighted by atomic mass is 10.1. The first-order valence-electron chi connectivity index (χ1n) is 26.4. The predicted molar refractivity (Wildman–Crippen MR) is 281 cm³/mol. The van der Waals surface area contributed by atoms with Crippen molar-refractivity contribution in [3.63, 3.8) is 0 Å². The molecule has 0 radical (unpaired) electrons. The first-order valence-corrected chi connectivity index (χ1v) is 29.4. The van der Waals surface area contributed by atoms with Crippen molar-refractivity contribution >= 4 is 33.4 Å². The molecule has 7 N–H and O–H groups in total. The van der Waals surface area contributed by atoms with Crippen molar-refractivity contribution in [3.05, 3.63) is 83.5 Å². The van der Waals surface area contributed by atoms with E-state index in [1.54, 1.807) is 0 Å². The van der Waals surface area contributed by atoms with Crippen molar-refractivity contribution in [3.8, 4) is 0 Å². The smallest absolute Gasteiger partial charge is 0.462 e. The summed E-state index contributed by atoms with van der Waals surface area (Å²) in [6.45, 7) is 1.82. The average Bonchev–Trinajstić information content (AvgIpc) is 3.63. The van der Waals surface area contributed by atoms with Crippen LogP contribution in [0.5, 0.6) is 0 Å². The van der Waals surface area contributed by atoms with E-state index in [2.05, 4.69) is 58.8 Å². The van der Waals surface area contributed by atoms with Gasteiger partial charge in [-0.1, -0.05) is 139 Å². The van der Waals surface area contributed by atoms with Crippen LogP contribution in [0.2, 0.25) is 0 Å². The topological polar surface area (TPSA) is 286 Å². The van der Waals surface area contributed by atoms with Gasteiger partial charge in [0.25, 0.3) is 0 Å². The second-order valence-electron chi connectivity index (χ2n) is 18.2. The Kier molecular flexibility index (Phi) is 35.7. The molecule has 19 nitrogen and oxygen atoms in total. The minimum Gasteiger partial charge on any atom is -0.462 e. The quantitative estimate of drug-likeness (QED) is 0.0153. The molecular weight excluding hydrogens is 985 g/mol. The number of aromatic nitrogens is 2. The number of carbonyl (C=O) groups excluding carboxylic acids is 2. The second kappa shape index (κ2) is 39.8. The molecule has 1 fully saturated rings. The van der Waals surface area contributed by atoms with Crippen molar-refractivity contribution in [1.29, 1.82) is 0 Å². The molecule has 8 atom stereocenters. The molecule has 21 heteroatoms. The number of phosphoric ester groups is 2. The molecule has 0 bridgehead atoms. The molecule has 0 spiro atoms. The highest BCUT2D eigenvalue weighted by Crippen LogP contribution is 2.60. The van der Waals surface area contributed by atoms with Gasteiger partial charge < -0.3 is 45.1 Å². The number of aliphatic hydroxyl groups is 3. The number of unbranched alkanes of at least 4 members (excludes halogenated alkanes) is 14. The van der Waals surface area contributed by atoms with E-state index >= 15 is 0 Å². The lowest BCUT2D eigenvalue weighted by Crippen LogP contribution is -2.36. The fourth-order valence-corrected chi connectivity index (χ4v) is 9.57. The number of allylic oxidation sites excluding steroid dienone is 10. The molecule has 0 saturated carbocycles. The Labute approximate surface area is 433 Å². The van der Waals surface area contributed by atoms with Gasteiger partial charge in [0.15, 0.2) is 12.3 Å². The van der Waals surface area contributed by atoms with Crippen LogP contribution in [0.25, 0.3) is 0 Å². The van der Waals surface area contributed by atoms with E-state index in [1.165, 1.54) is 44.6 Å². The Morgan fingerprint density at radius 2 is 1.23 bits per heavy atom. The van der Waals surface area contributed by atoms with Crippen LogP contribution in [0, 0.1) is 0 Å². The van der Waals surface area contributed by atoms with Crippen LogP contribution in [-0.2, 0) is 46.3 Å². The summed E-state index contributed by atoms with van der Waals surface area (Å²) in [4.78, 5) is 61.9. The highest BCUT2D eigenvalue weighted by atomic mass is 31.3. The van der Waals surface area contributed by atoms with E-state index in [0.29, 0.717) is 25.7 Å². The molecule has 1 aromatic rings. The molecule has 416 valence electrons. The van der Waals surface area contributed by atoms with E-state index < -0.39 is 83.7 Å². The molecule has 1 saturated heterocycles. The molecular formula is C52H87N3O16P2. The molecule has 1 aliphatic heterocycles. The third-order valence-corrected chi connectivity index (χ3v) is 14.3. The number of nitrogen functional groups attached to an aromatic ring is 1. The number of carbonyl (C=O) groups is 2. The van der Waals surface area contributed by atoms with Crippen molar-refractivity contribution in [2.24, 2.45) is 0 Å². The van der Waals surface area contributed by atoms with Gasteiger partial charge in [0, 0.05) is 19.0 Å². The zero-order chi connectivity index (χ0) is 53.6. The zero-order valence-electron chi connectivity index (χ0n) is 43.3. The van der Waals surface area contributed by atoms with Crippen LogP contribution in [0.15, 0.2) is 77.8 Å². The molecule has 0 aromatic carbocycles. The summed E-state index contributed by atoms with van der Waals surface area (Å²) in [6.07, 6.45) is 36.7. The number of rotatable bonds is 43. The Morgan fingerprint density at radius 3 is 1.84 bits per heavy atom. The number of nitrogens with zero attached hydrogens (tertiary/aromatic N) is 2. The van der Waals surface area contributed by atoms with Gasteiger partial charge in [-0.2, -0.15) is 9.29 Å². The van der Waals surface area contributed by atoms with Crippen LogP contribution in [-0.4, -0.2) is 96.9 Å².